The van der Waals surface area contributed by atoms with Crippen molar-refractivity contribution in [1.82, 2.24) is 9.80 Å². The number of hydrogen-bond donors (Lipinski definition) is 1. The van der Waals surface area contributed by atoms with E-state index in [0.29, 0.717) is 38.2 Å². The third-order valence-electron chi connectivity index (χ3n) is 4.54. The van der Waals surface area contributed by atoms with Gasteiger partial charge in [0.25, 0.3) is 5.91 Å². The van der Waals surface area contributed by atoms with Gasteiger partial charge in [0.2, 0.25) is 5.91 Å². The molecule has 1 aliphatic carbocycles. The second-order valence-electron chi connectivity index (χ2n) is 6.12. The zero-order chi connectivity index (χ0) is 16.4. The van der Waals surface area contributed by atoms with E-state index >= 15 is 0 Å². The average Bonchev–Trinajstić information content (AvgIpc) is 3.38. The molecule has 2 atom stereocenters. The summed E-state index contributed by atoms with van der Waals surface area (Å²) in [5.74, 6) is -1.88. The Labute approximate surface area is 134 Å². The predicted molar refractivity (Wildman–Crippen MR) is 82.8 cm³/mol. The summed E-state index contributed by atoms with van der Waals surface area (Å²) < 4.78 is 0. The maximum absolute atomic E-state index is 12.5. The molecule has 3 rings (SSSR count). The van der Waals surface area contributed by atoms with Gasteiger partial charge in [-0.15, -0.1) is 0 Å². The van der Waals surface area contributed by atoms with Crippen LogP contribution in [0, 0.1) is 11.8 Å². The molecular formula is C17H20N2O4. The Morgan fingerprint density at radius 1 is 0.913 bits per heavy atom. The Morgan fingerprint density at radius 3 is 2.22 bits per heavy atom. The Kier molecular flexibility index (Phi) is 4.32. The van der Waals surface area contributed by atoms with Gasteiger partial charge in [0.05, 0.1) is 11.8 Å². The molecule has 0 bridgehead atoms. The van der Waals surface area contributed by atoms with Crippen molar-refractivity contribution in [3.8, 4) is 0 Å². The number of rotatable bonds is 3. The van der Waals surface area contributed by atoms with Crippen molar-refractivity contribution < 1.29 is 19.5 Å². The number of nitrogens with zero attached hydrogens (tertiary/aromatic N) is 2. The van der Waals surface area contributed by atoms with Crippen molar-refractivity contribution in [2.24, 2.45) is 11.8 Å². The smallest absolute Gasteiger partial charge is 0.307 e. The minimum atomic E-state index is -0.890. The topological polar surface area (TPSA) is 77.9 Å². The second kappa shape index (κ2) is 6.40. The van der Waals surface area contributed by atoms with E-state index < -0.39 is 11.9 Å². The Hall–Kier alpha value is -2.37. The van der Waals surface area contributed by atoms with Gasteiger partial charge in [0.15, 0.2) is 0 Å². The van der Waals surface area contributed by atoms with Crippen molar-refractivity contribution in [1.29, 1.82) is 0 Å². The largest absolute Gasteiger partial charge is 0.481 e. The summed E-state index contributed by atoms with van der Waals surface area (Å²) in [6, 6.07) is 9.11. The number of amides is 2. The highest BCUT2D eigenvalue weighted by molar-refractivity contribution is 5.94. The first-order chi connectivity index (χ1) is 11.1. The molecule has 1 aromatic carbocycles. The minimum absolute atomic E-state index is 0.0188. The van der Waals surface area contributed by atoms with E-state index in [9.17, 15) is 14.4 Å². The minimum Gasteiger partial charge on any atom is -0.481 e. The SMILES string of the molecule is O=C(O)C1CC1C(=O)N1CCCN(C(=O)c2ccccc2)CC1. The Balaban J connectivity index is 1.58. The number of hydrogen-bond acceptors (Lipinski definition) is 3. The molecule has 2 amide bonds. The van der Waals surface area contributed by atoms with Crippen LogP contribution in [0.25, 0.3) is 0 Å². The summed E-state index contributed by atoms with van der Waals surface area (Å²) in [5.41, 5.74) is 0.653. The summed E-state index contributed by atoms with van der Waals surface area (Å²) in [6.45, 7) is 2.16. The van der Waals surface area contributed by atoms with Crippen LogP contribution in [0.15, 0.2) is 30.3 Å². The van der Waals surface area contributed by atoms with Crippen molar-refractivity contribution >= 4 is 17.8 Å². The van der Waals surface area contributed by atoms with Crippen LogP contribution in [0.3, 0.4) is 0 Å². The normalized spacial score (nSPS) is 24.0. The van der Waals surface area contributed by atoms with Crippen LogP contribution in [0.2, 0.25) is 0 Å². The van der Waals surface area contributed by atoms with E-state index in [1.54, 1.807) is 21.9 Å². The van der Waals surface area contributed by atoms with E-state index in [2.05, 4.69) is 0 Å². The second-order valence-corrected chi connectivity index (χ2v) is 6.12. The lowest BCUT2D eigenvalue weighted by Gasteiger charge is -2.22. The molecular weight excluding hydrogens is 296 g/mol. The van der Waals surface area contributed by atoms with Crippen LogP contribution in [0.1, 0.15) is 23.2 Å². The van der Waals surface area contributed by atoms with Gasteiger partial charge in [-0.05, 0) is 25.0 Å². The number of aliphatic carboxylic acids is 1. The van der Waals surface area contributed by atoms with E-state index in [0.717, 1.165) is 6.42 Å². The molecule has 1 aromatic rings. The molecule has 2 fully saturated rings. The molecule has 6 heteroatoms. The lowest BCUT2D eigenvalue weighted by Crippen LogP contribution is -2.38. The summed E-state index contributed by atoms with van der Waals surface area (Å²) in [5, 5.41) is 8.94. The van der Waals surface area contributed by atoms with E-state index in [1.165, 1.54) is 0 Å². The van der Waals surface area contributed by atoms with Gasteiger partial charge in [0, 0.05) is 31.7 Å². The van der Waals surface area contributed by atoms with Gasteiger partial charge in [-0.25, -0.2) is 0 Å². The highest BCUT2D eigenvalue weighted by Gasteiger charge is 2.49. The molecule has 122 valence electrons. The molecule has 0 spiro atoms. The molecule has 0 radical (unpaired) electrons. The molecule has 1 heterocycles. The molecule has 2 unspecified atom stereocenters. The van der Waals surface area contributed by atoms with Crippen LogP contribution in [0.4, 0.5) is 0 Å². The van der Waals surface area contributed by atoms with Gasteiger partial charge in [-0.3, -0.25) is 14.4 Å². The van der Waals surface area contributed by atoms with E-state index in [4.69, 9.17) is 5.11 Å². The zero-order valence-corrected chi connectivity index (χ0v) is 12.9. The standard InChI is InChI=1S/C17H20N2O4/c20-15(12-5-2-1-3-6-12)18-7-4-8-19(10-9-18)16(21)13-11-14(13)17(22)23/h1-3,5-6,13-14H,4,7-11H2,(H,22,23). The summed E-state index contributed by atoms with van der Waals surface area (Å²) in [4.78, 5) is 39.2. The highest BCUT2D eigenvalue weighted by atomic mass is 16.4. The Morgan fingerprint density at radius 2 is 1.57 bits per heavy atom. The zero-order valence-electron chi connectivity index (χ0n) is 12.9. The fourth-order valence-corrected chi connectivity index (χ4v) is 3.08. The molecule has 1 saturated carbocycles. The molecule has 1 saturated heterocycles. The van der Waals surface area contributed by atoms with E-state index in [1.807, 2.05) is 18.2 Å². The first kappa shape index (κ1) is 15.5. The first-order valence-corrected chi connectivity index (χ1v) is 7.94. The quantitative estimate of drug-likeness (QED) is 0.905. The van der Waals surface area contributed by atoms with Crippen molar-refractivity contribution in [3.63, 3.8) is 0 Å². The number of carbonyl (C=O) groups is 3. The third kappa shape index (κ3) is 3.36. The third-order valence-corrected chi connectivity index (χ3v) is 4.54. The van der Waals surface area contributed by atoms with Gasteiger partial charge >= 0.3 is 5.97 Å². The highest BCUT2D eigenvalue weighted by Crippen LogP contribution is 2.40. The summed E-state index contributed by atoms with van der Waals surface area (Å²) in [7, 11) is 0. The van der Waals surface area contributed by atoms with Crippen LogP contribution in [-0.2, 0) is 9.59 Å². The van der Waals surface area contributed by atoms with Crippen LogP contribution in [0.5, 0.6) is 0 Å². The average molecular weight is 316 g/mol. The molecule has 1 N–H and O–H groups in total. The molecule has 2 aliphatic rings. The van der Waals surface area contributed by atoms with Gasteiger partial charge in [-0.2, -0.15) is 0 Å². The van der Waals surface area contributed by atoms with Crippen LogP contribution in [-0.4, -0.2) is 58.9 Å². The fourth-order valence-electron chi connectivity index (χ4n) is 3.08. The molecule has 1 aliphatic heterocycles. The maximum Gasteiger partial charge on any atom is 0.307 e. The lowest BCUT2D eigenvalue weighted by molar-refractivity contribution is -0.141. The predicted octanol–water partition coefficient (Wildman–Crippen LogP) is 1.08. The van der Waals surface area contributed by atoms with Crippen LogP contribution >= 0.6 is 0 Å². The monoisotopic (exact) mass is 316 g/mol. The van der Waals surface area contributed by atoms with Gasteiger partial charge < -0.3 is 14.9 Å². The lowest BCUT2D eigenvalue weighted by atomic mass is 10.2. The fraction of sp³-hybridized carbons (Fsp3) is 0.471. The van der Waals surface area contributed by atoms with Gasteiger partial charge in [-0.1, -0.05) is 18.2 Å². The molecule has 23 heavy (non-hydrogen) atoms. The number of carbonyl (C=O) groups excluding carboxylic acids is 2. The van der Waals surface area contributed by atoms with Gasteiger partial charge in [0.1, 0.15) is 0 Å². The molecule has 6 nitrogen and oxygen atoms in total. The van der Waals surface area contributed by atoms with Crippen LogP contribution < -0.4 is 0 Å². The number of carboxylic acid groups (broad SMARTS) is 1. The van der Waals surface area contributed by atoms with Crippen molar-refractivity contribution in [3.05, 3.63) is 35.9 Å². The maximum atomic E-state index is 12.5. The van der Waals surface area contributed by atoms with E-state index in [-0.39, 0.29) is 17.7 Å². The number of carboxylic acids is 1. The Bertz CT molecular complexity index is 616. The first-order valence-electron chi connectivity index (χ1n) is 7.94. The molecule has 0 aromatic heterocycles. The summed E-state index contributed by atoms with van der Waals surface area (Å²) in [6.07, 6.45) is 1.16. The van der Waals surface area contributed by atoms with Crippen molar-refractivity contribution in [2.75, 3.05) is 26.2 Å². The number of benzene rings is 1. The summed E-state index contributed by atoms with van der Waals surface area (Å²) >= 11 is 0. The van der Waals surface area contributed by atoms with Crippen molar-refractivity contribution in [2.45, 2.75) is 12.8 Å².